The molecule has 0 amide bonds. The second kappa shape index (κ2) is 5.88. The number of aromatic nitrogens is 3. The minimum Gasteiger partial charge on any atom is -0.464 e. The minimum absolute atomic E-state index is 0.0914. The third-order valence-corrected chi connectivity index (χ3v) is 3.53. The Morgan fingerprint density at radius 3 is 2.90 bits per heavy atom. The number of nitrogens with two attached hydrogens (primary N) is 1. The van der Waals surface area contributed by atoms with Gasteiger partial charge < -0.3 is 15.2 Å². The molecule has 1 aliphatic heterocycles. The van der Waals surface area contributed by atoms with Crippen molar-refractivity contribution in [1.29, 1.82) is 0 Å². The van der Waals surface area contributed by atoms with Gasteiger partial charge in [-0.05, 0) is 33.2 Å². The molecule has 0 aromatic carbocycles. The number of hydrogen-bond acceptors (Lipinski definition) is 6. The molecule has 20 heavy (non-hydrogen) atoms. The molecule has 2 rings (SSSR count). The van der Waals surface area contributed by atoms with Crippen LogP contribution in [0.15, 0.2) is 0 Å². The molecule has 0 spiro atoms. The number of carbonyl (C=O) groups excluding carboxylic acids is 1. The van der Waals surface area contributed by atoms with Gasteiger partial charge in [0.2, 0.25) is 0 Å². The summed E-state index contributed by atoms with van der Waals surface area (Å²) in [4.78, 5) is 11.7. The van der Waals surface area contributed by atoms with Crippen LogP contribution < -0.4 is 5.73 Å². The fraction of sp³-hybridized carbons (Fsp3) is 0.769. The first-order valence-electron chi connectivity index (χ1n) is 6.85. The predicted octanol–water partition coefficient (Wildman–Crippen LogP) is 0.523. The Bertz CT molecular complexity index is 484. The lowest BCUT2D eigenvalue weighted by molar-refractivity contribution is -0.0234. The van der Waals surface area contributed by atoms with E-state index in [0.29, 0.717) is 25.2 Å². The van der Waals surface area contributed by atoms with E-state index in [2.05, 4.69) is 24.2 Å². The van der Waals surface area contributed by atoms with Gasteiger partial charge in [-0.3, -0.25) is 0 Å². The zero-order chi connectivity index (χ0) is 14.8. The molecule has 1 saturated heterocycles. The number of rotatable bonds is 5. The molecule has 0 aliphatic carbocycles. The molecular formula is C13H22N4O3. The Labute approximate surface area is 118 Å². The largest absolute Gasteiger partial charge is 0.464 e. The first-order chi connectivity index (χ1) is 9.46. The second-order valence-corrected chi connectivity index (χ2v) is 5.64. The van der Waals surface area contributed by atoms with E-state index >= 15 is 0 Å². The number of esters is 1. The maximum atomic E-state index is 11.7. The van der Waals surface area contributed by atoms with Gasteiger partial charge in [0.05, 0.1) is 31.1 Å². The fourth-order valence-electron chi connectivity index (χ4n) is 2.52. The zero-order valence-corrected chi connectivity index (χ0v) is 12.3. The van der Waals surface area contributed by atoms with E-state index in [9.17, 15) is 4.79 Å². The van der Waals surface area contributed by atoms with Gasteiger partial charge in [-0.1, -0.05) is 5.21 Å². The molecule has 1 aromatic rings. The van der Waals surface area contributed by atoms with Gasteiger partial charge >= 0.3 is 5.97 Å². The molecule has 2 heterocycles. The number of methoxy groups -OCH3 is 1. The van der Waals surface area contributed by atoms with Crippen molar-refractivity contribution in [2.75, 3.05) is 13.7 Å². The molecule has 0 radical (unpaired) electrons. The summed E-state index contributed by atoms with van der Waals surface area (Å²) in [6, 6.07) is 0. The van der Waals surface area contributed by atoms with Crippen LogP contribution in [0.5, 0.6) is 0 Å². The quantitative estimate of drug-likeness (QED) is 0.792. The molecule has 1 atom stereocenters. The van der Waals surface area contributed by atoms with Crippen LogP contribution in [0.1, 0.15) is 42.9 Å². The summed E-state index contributed by atoms with van der Waals surface area (Å²) in [6.45, 7) is 5.17. The summed E-state index contributed by atoms with van der Waals surface area (Å²) in [5.41, 5.74) is 6.47. The van der Waals surface area contributed by atoms with Gasteiger partial charge in [0.1, 0.15) is 0 Å². The van der Waals surface area contributed by atoms with Crippen LogP contribution in [-0.2, 0) is 22.4 Å². The van der Waals surface area contributed by atoms with Crippen molar-refractivity contribution in [3.05, 3.63) is 11.4 Å². The van der Waals surface area contributed by atoms with E-state index < -0.39 is 5.97 Å². The number of carbonyl (C=O) groups is 1. The highest BCUT2D eigenvalue weighted by atomic mass is 16.5. The lowest BCUT2D eigenvalue weighted by atomic mass is 10.1. The standard InChI is InChI=1S/C13H22N4O3/c1-13(2)6-4-9(20-13)8-17-10(5-7-14)11(15-16-17)12(18)19-3/h9H,4-8,14H2,1-3H3. The zero-order valence-electron chi connectivity index (χ0n) is 12.3. The van der Waals surface area contributed by atoms with Crippen molar-refractivity contribution in [2.45, 2.75) is 51.4 Å². The maximum absolute atomic E-state index is 11.7. The first-order valence-corrected chi connectivity index (χ1v) is 6.85. The van der Waals surface area contributed by atoms with Crippen molar-refractivity contribution >= 4 is 5.97 Å². The van der Waals surface area contributed by atoms with Gasteiger partial charge in [-0.25, -0.2) is 9.48 Å². The molecule has 1 unspecified atom stereocenters. The van der Waals surface area contributed by atoms with Crippen molar-refractivity contribution in [3.8, 4) is 0 Å². The Morgan fingerprint density at radius 2 is 2.35 bits per heavy atom. The highest BCUT2D eigenvalue weighted by Crippen LogP contribution is 2.30. The van der Waals surface area contributed by atoms with Crippen LogP contribution >= 0.6 is 0 Å². The average Bonchev–Trinajstić information content (AvgIpc) is 2.94. The van der Waals surface area contributed by atoms with E-state index in [0.717, 1.165) is 12.8 Å². The normalized spacial score (nSPS) is 21.1. The monoisotopic (exact) mass is 282 g/mol. The Morgan fingerprint density at radius 1 is 1.60 bits per heavy atom. The van der Waals surface area contributed by atoms with E-state index in [1.165, 1.54) is 7.11 Å². The maximum Gasteiger partial charge on any atom is 0.360 e. The molecular weight excluding hydrogens is 260 g/mol. The summed E-state index contributed by atoms with van der Waals surface area (Å²) >= 11 is 0. The number of nitrogens with zero attached hydrogens (tertiary/aromatic N) is 3. The summed E-state index contributed by atoms with van der Waals surface area (Å²) in [6.07, 6.45) is 2.62. The van der Waals surface area contributed by atoms with Crippen LogP contribution in [0, 0.1) is 0 Å². The van der Waals surface area contributed by atoms with Crippen molar-refractivity contribution in [3.63, 3.8) is 0 Å². The summed E-state index contributed by atoms with van der Waals surface area (Å²) in [5.74, 6) is -0.479. The molecule has 1 aromatic heterocycles. The van der Waals surface area contributed by atoms with E-state index in [1.807, 2.05) is 0 Å². The summed E-state index contributed by atoms with van der Waals surface area (Å²) in [5, 5.41) is 7.96. The number of ether oxygens (including phenoxy) is 2. The van der Waals surface area contributed by atoms with E-state index in [1.54, 1.807) is 4.68 Å². The average molecular weight is 282 g/mol. The Balaban J connectivity index is 2.15. The van der Waals surface area contributed by atoms with E-state index in [-0.39, 0.29) is 17.4 Å². The highest BCUT2D eigenvalue weighted by Gasteiger charge is 2.32. The first kappa shape index (κ1) is 14.9. The SMILES string of the molecule is COC(=O)c1nnn(CC2CCC(C)(C)O2)c1CCN. The molecule has 0 saturated carbocycles. The predicted molar refractivity (Wildman–Crippen MR) is 72.3 cm³/mol. The Kier molecular flexibility index (Phi) is 4.39. The molecule has 1 fully saturated rings. The molecule has 1 aliphatic rings. The highest BCUT2D eigenvalue weighted by molar-refractivity contribution is 5.88. The van der Waals surface area contributed by atoms with Crippen LogP contribution in [0.4, 0.5) is 0 Å². The Hall–Kier alpha value is -1.47. The number of hydrogen-bond donors (Lipinski definition) is 1. The van der Waals surface area contributed by atoms with Crippen LogP contribution in [0.3, 0.4) is 0 Å². The third-order valence-electron chi connectivity index (χ3n) is 3.53. The third kappa shape index (κ3) is 3.16. The molecule has 112 valence electrons. The molecule has 7 heteroatoms. The topological polar surface area (TPSA) is 92.3 Å². The molecule has 2 N–H and O–H groups in total. The summed E-state index contributed by atoms with van der Waals surface area (Å²) in [7, 11) is 1.33. The smallest absolute Gasteiger partial charge is 0.360 e. The van der Waals surface area contributed by atoms with Crippen molar-refractivity contribution in [1.82, 2.24) is 15.0 Å². The molecule has 7 nitrogen and oxygen atoms in total. The molecule has 0 bridgehead atoms. The van der Waals surface area contributed by atoms with Gasteiger partial charge in [-0.15, -0.1) is 5.10 Å². The van der Waals surface area contributed by atoms with Gasteiger partial charge in [-0.2, -0.15) is 0 Å². The fourth-order valence-corrected chi connectivity index (χ4v) is 2.52. The van der Waals surface area contributed by atoms with Crippen LogP contribution in [-0.4, -0.2) is 46.3 Å². The lowest BCUT2D eigenvalue weighted by Crippen LogP contribution is -2.25. The summed E-state index contributed by atoms with van der Waals surface area (Å²) < 4.78 is 12.4. The van der Waals surface area contributed by atoms with Crippen LogP contribution in [0.2, 0.25) is 0 Å². The van der Waals surface area contributed by atoms with Crippen molar-refractivity contribution < 1.29 is 14.3 Å². The van der Waals surface area contributed by atoms with Gasteiger partial charge in [0.15, 0.2) is 5.69 Å². The van der Waals surface area contributed by atoms with Crippen molar-refractivity contribution in [2.24, 2.45) is 5.73 Å². The second-order valence-electron chi connectivity index (χ2n) is 5.64. The van der Waals surface area contributed by atoms with Crippen LogP contribution in [0.25, 0.3) is 0 Å². The van der Waals surface area contributed by atoms with Gasteiger partial charge in [0.25, 0.3) is 0 Å². The van der Waals surface area contributed by atoms with E-state index in [4.69, 9.17) is 15.2 Å². The minimum atomic E-state index is -0.479. The lowest BCUT2D eigenvalue weighted by Gasteiger charge is -2.19. The van der Waals surface area contributed by atoms with Gasteiger partial charge in [0, 0.05) is 6.42 Å².